The average molecular weight is 511 g/mol. The molecule has 0 aliphatic carbocycles. The van der Waals surface area contributed by atoms with Gasteiger partial charge in [0.2, 0.25) is 11.3 Å². The number of hydrogen-bond acceptors (Lipinski definition) is 6. The summed E-state index contributed by atoms with van der Waals surface area (Å²) in [6, 6.07) is 0.633. The fourth-order valence-electron chi connectivity index (χ4n) is 3.81. The quantitative estimate of drug-likeness (QED) is 0.508. The minimum Gasteiger partial charge on any atom is -0.391 e. The van der Waals surface area contributed by atoms with Gasteiger partial charge in [-0.3, -0.25) is 23.9 Å². The minimum atomic E-state index is -4.78. The predicted molar refractivity (Wildman–Crippen MR) is 116 cm³/mol. The predicted octanol–water partition coefficient (Wildman–Crippen LogP) is 2.23. The maximum absolute atomic E-state index is 14.7. The number of amides is 2. The lowest BCUT2D eigenvalue weighted by atomic mass is 10.1. The van der Waals surface area contributed by atoms with Crippen molar-refractivity contribution in [2.75, 3.05) is 11.4 Å². The summed E-state index contributed by atoms with van der Waals surface area (Å²) in [6.07, 6.45) is -5.01. The number of anilines is 1. The summed E-state index contributed by atoms with van der Waals surface area (Å²) < 4.78 is 68.5. The third-order valence-corrected chi connectivity index (χ3v) is 5.59. The van der Waals surface area contributed by atoms with Crippen LogP contribution >= 0.6 is 0 Å². The highest BCUT2D eigenvalue weighted by atomic mass is 19.4. The van der Waals surface area contributed by atoms with Crippen LogP contribution in [-0.2, 0) is 4.79 Å². The maximum atomic E-state index is 14.7. The van der Waals surface area contributed by atoms with E-state index in [0.29, 0.717) is 12.3 Å². The molecule has 36 heavy (non-hydrogen) atoms. The van der Waals surface area contributed by atoms with E-state index in [2.05, 4.69) is 9.97 Å². The van der Waals surface area contributed by atoms with Gasteiger partial charge in [0, 0.05) is 12.3 Å². The van der Waals surface area contributed by atoms with Crippen molar-refractivity contribution in [3.05, 3.63) is 58.0 Å². The van der Waals surface area contributed by atoms with Gasteiger partial charge < -0.3 is 10.4 Å². The van der Waals surface area contributed by atoms with Crippen molar-refractivity contribution in [2.24, 2.45) is 0 Å². The molecule has 1 aliphatic heterocycles. The van der Waals surface area contributed by atoms with Gasteiger partial charge in [-0.25, -0.2) is 18.7 Å². The molecule has 3 aromatic heterocycles. The van der Waals surface area contributed by atoms with Gasteiger partial charge in [-0.1, -0.05) is 6.92 Å². The maximum Gasteiger partial charge on any atom is 0.408 e. The Morgan fingerprint density at radius 3 is 2.58 bits per heavy atom. The second-order valence-electron chi connectivity index (χ2n) is 8.08. The number of nitrogens with zero attached hydrogens (tertiary/aromatic N) is 4. The van der Waals surface area contributed by atoms with Crippen LogP contribution in [0.4, 0.5) is 27.8 Å². The van der Waals surface area contributed by atoms with Crippen LogP contribution in [0, 0.1) is 11.6 Å². The largest absolute Gasteiger partial charge is 0.408 e. The summed E-state index contributed by atoms with van der Waals surface area (Å²) in [6.45, 7) is 1.10. The summed E-state index contributed by atoms with van der Waals surface area (Å²) >= 11 is 0. The second-order valence-corrected chi connectivity index (χ2v) is 8.08. The first-order valence-electron chi connectivity index (χ1n) is 10.6. The number of rotatable bonds is 5. The molecule has 2 N–H and O–H groups in total. The zero-order valence-corrected chi connectivity index (χ0v) is 18.5. The zero-order chi connectivity index (χ0) is 26.4. The molecule has 1 saturated heterocycles. The zero-order valence-electron chi connectivity index (χ0n) is 18.5. The Hall–Kier alpha value is -3.94. The van der Waals surface area contributed by atoms with Gasteiger partial charge >= 0.3 is 6.18 Å². The third-order valence-electron chi connectivity index (χ3n) is 5.59. The van der Waals surface area contributed by atoms with Crippen molar-refractivity contribution in [1.29, 1.82) is 0 Å². The molecular formula is C22H18F5N5O4. The van der Waals surface area contributed by atoms with E-state index in [1.807, 2.05) is 0 Å². The summed E-state index contributed by atoms with van der Waals surface area (Å²) in [5.74, 6) is -4.70. The van der Waals surface area contributed by atoms with E-state index in [0.717, 1.165) is 21.7 Å². The molecule has 3 aromatic rings. The number of pyridine rings is 3. The number of carbonyl (C=O) groups excluding carboxylic acids is 2. The van der Waals surface area contributed by atoms with E-state index in [9.17, 15) is 41.4 Å². The molecule has 1 aliphatic rings. The number of aliphatic hydroxyl groups excluding tert-OH is 1. The van der Waals surface area contributed by atoms with Crippen LogP contribution in [0.5, 0.6) is 0 Å². The first-order chi connectivity index (χ1) is 16.9. The van der Waals surface area contributed by atoms with E-state index >= 15 is 0 Å². The molecule has 4 heterocycles. The summed E-state index contributed by atoms with van der Waals surface area (Å²) in [5, 5.41) is 11.2. The lowest BCUT2D eigenvalue weighted by Crippen LogP contribution is -2.46. The number of hydrogen-bond donors (Lipinski definition) is 2. The van der Waals surface area contributed by atoms with Gasteiger partial charge in [0.1, 0.15) is 23.2 Å². The number of β-amino-alcohol motifs (C(OH)–C–C–N with tert-alkyl or cyclic N) is 1. The Morgan fingerprint density at radius 1 is 1.28 bits per heavy atom. The van der Waals surface area contributed by atoms with E-state index in [1.165, 1.54) is 13.0 Å². The highest BCUT2D eigenvalue weighted by molar-refractivity contribution is 5.99. The first kappa shape index (κ1) is 25.2. The molecule has 2 amide bonds. The Bertz CT molecular complexity index is 1420. The fraction of sp³-hybridized carbons (Fsp3) is 0.318. The third kappa shape index (κ3) is 4.63. The van der Waals surface area contributed by atoms with Crippen molar-refractivity contribution in [3.8, 4) is 5.82 Å². The minimum absolute atomic E-state index is 0.0139. The number of alkyl halides is 3. The van der Waals surface area contributed by atoms with Crippen LogP contribution in [0.25, 0.3) is 16.9 Å². The molecule has 0 saturated carbocycles. The number of aliphatic hydroxyl groups is 1. The Morgan fingerprint density at radius 2 is 2.00 bits per heavy atom. The van der Waals surface area contributed by atoms with Crippen molar-refractivity contribution >= 4 is 28.7 Å². The van der Waals surface area contributed by atoms with E-state index < -0.39 is 65.0 Å². The number of halogens is 5. The smallest absolute Gasteiger partial charge is 0.391 e. The first-order valence-corrected chi connectivity index (χ1v) is 10.6. The highest BCUT2D eigenvalue weighted by Gasteiger charge is 2.40. The van der Waals surface area contributed by atoms with Gasteiger partial charge in [0.25, 0.3) is 5.91 Å². The molecule has 0 bridgehead atoms. The Kier molecular flexibility index (Phi) is 6.47. The highest BCUT2D eigenvalue weighted by Crippen LogP contribution is 2.25. The van der Waals surface area contributed by atoms with Crippen molar-refractivity contribution < 1.29 is 36.6 Å². The molecule has 2 atom stereocenters. The van der Waals surface area contributed by atoms with Crippen molar-refractivity contribution in [3.63, 3.8) is 0 Å². The fourth-order valence-corrected chi connectivity index (χ4v) is 3.81. The molecule has 4 rings (SSSR count). The SMILES string of the molecule is CC[C@H](NC(=O)c1cn(-c2ncc(F)cc2F)c2nc(N3C[C@@H](O)CC3=O)ccc2c1=O)C(F)(F)F. The normalized spacial score (nSPS) is 17.0. The standard InChI is InChI=1S/C22H18F5N5O4/c1-2-15(22(25,26)27)29-21(36)13-9-32(20-14(24)5-10(23)7-28-20)19-12(18(13)35)3-4-16(30-19)31-8-11(33)6-17(31)34/h3-5,7,9,11,15,33H,2,6,8H2,1H3,(H,29,36)/t11-,15-/m0/s1. The van der Waals surface area contributed by atoms with Crippen LogP contribution in [-0.4, -0.2) is 56.3 Å². The van der Waals surface area contributed by atoms with Crippen molar-refractivity contribution in [2.45, 2.75) is 38.1 Å². The lowest BCUT2D eigenvalue weighted by molar-refractivity contribution is -0.153. The molecule has 0 spiro atoms. The van der Waals surface area contributed by atoms with Crippen LogP contribution in [0.3, 0.4) is 0 Å². The topological polar surface area (TPSA) is 117 Å². The van der Waals surface area contributed by atoms with Gasteiger partial charge in [0.05, 0.1) is 30.7 Å². The van der Waals surface area contributed by atoms with Gasteiger partial charge in [-0.2, -0.15) is 13.2 Å². The molecule has 0 unspecified atom stereocenters. The second kappa shape index (κ2) is 9.26. The van der Waals surface area contributed by atoms with Crippen LogP contribution in [0.15, 0.2) is 35.4 Å². The Balaban J connectivity index is 1.92. The monoisotopic (exact) mass is 511 g/mol. The van der Waals surface area contributed by atoms with E-state index in [4.69, 9.17) is 0 Å². The number of fused-ring (bicyclic) bond motifs is 1. The molecule has 0 radical (unpaired) electrons. The molecule has 1 fully saturated rings. The average Bonchev–Trinajstić information content (AvgIpc) is 3.14. The number of aromatic nitrogens is 3. The number of nitrogens with one attached hydrogen (secondary N) is 1. The summed E-state index contributed by atoms with van der Waals surface area (Å²) in [4.78, 5) is 46.9. The van der Waals surface area contributed by atoms with Gasteiger partial charge in [-0.15, -0.1) is 0 Å². The van der Waals surface area contributed by atoms with E-state index in [-0.39, 0.29) is 29.8 Å². The van der Waals surface area contributed by atoms with Crippen molar-refractivity contribution in [1.82, 2.24) is 19.9 Å². The van der Waals surface area contributed by atoms with E-state index in [1.54, 1.807) is 5.32 Å². The Labute approximate surface area is 199 Å². The molecule has 0 aromatic carbocycles. The molecule has 9 nitrogen and oxygen atoms in total. The molecule has 190 valence electrons. The molecule has 14 heteroatoms. The van der Waals surface area contributed by atoms with Crippen LogP contribution in [0.1, 0.15) is 30.1 Å². The summed E-state index contributed by atoms with van der Waals surface area (Å²) in [7, 11) is 0. The van der Waals surface area contributed by atoms with Crippen LogP contribution in [0.2, 0.25) is 0 Å². The lowest BCUT2D eigenvalue weighted by Gasteiger charge is -2.21. The van der Waals surface area contributed by atoms with Gasteiger partial charge in [0.15, 0.2) is 17.3 Å². The summed E-state index contributed by atoms with van der Waals surface area (Å²) in [5.41, 5.74) is -2.08. The molecular weight excluding hydrogens is 493 g/mol. The van der Waals surface area contributed by atoms with Crippen LogP contribution < -0.4 is 15.6 Å². The van der Waals surface area contributed by atoms with Gasteiger partial charge in [-0.05, 0) is 18.6 Å². The number of carbonyl (C=O) groups is 2.